The van der Waals surface area contributed by atoms with Crippen LogP contribution in [0.1, 0.15) is 34.6 Å². The topological polar surface area (TPSA) is 957 Å². The van der Waals surface area contributed by atoms with Crippen molar-refractivity contribution in [3.05, 3.63) is 0 Å². The fourth-order valence-corrected chi connectivity index (χ4v) is 17.4. The van der Waals surface area contributed by atoms with Crippen LogP contribution in [0.2, 0.25) is 0 Å². The molecule has 10 aliphatic heterocycles. The van der Waals surface area contributed by atoms with E-state index in [0.717, 1.165) is 34.6 Å². The average Bonchev–Trinajstić information content (AvgIpc) is 0.754. The van der Waals surface area contributed by atoms with Crippen LogP contribution in [0, 0.1) is 0 Å². The Balaban J connectivity index is 1.06. The van der Waals surface area contributed by atoms with Gasteiger partial charge in [0.05, 0.1) is 85.3 Å². The van der Waals surface area contributed by atoms with Crippen LogP contribution in [0.15, 0.2) is 0 Å². The molecule has 10 fully saturated rings. The lowest BCUT2D eigenvalue weighted by Gasteiger charge is -2.52. The van der Waals surface area contributed by atoms with Crippen LogP contribution in [0.25, 0.3) is 0 Å². The summed E-state index contributed by atoms with van der Waals surface area (Å²) >= 11 is 0. The number of rotatable bonds is 40. The molecule has 0 saturated carbocycles. The summed E-state index contributed by atoms with van der Waals surface area (Å²) in [5.74, 6) is -4.99. The van der Waals surface area contributed by atoms with Gasteiger partial charge < -0.3 is 280 Å². The van der Waals surface area contributed by atoms with Gasteiger partial charge in [-0.1, -0.05) is 0 Å². The van der Waals surface area contributed by atoms with Crippen LogP contribution < -0.4 is 26.6 Å². The van der Waals surface area contributed by atoms with Crippen molar-refractivity contribution >= 4 is 29.5 Å². The van der Waals surface area contributed by atoms with Crippen molar-refractivity contribution in [2.24, 2.45) is 0 Å². The molecule has 61 heteroatoms. The zero-order chi connectivity index (χ0) is 101. The Bertz CT molecular complexity index is 3730. The SMILES string of the molecule is CC(=O)N[C@@H](CO)[C@@H](O)[C@H](OC1O[C@H](CO)[C@@H](OC2O[C@H](COC3O[C@H](CO)[C@@H](O)[C@H](O)[C@@H]3OC3O[C@H](CO)[C@@H](OC4O[C@H](CO)[C@H](O)[C@H](O)[C@H]4O)[C@H](O)[C@H]3NC(C)=O)[C@@H](O)[C@H](OC3O[C@H](CO)[C@@H](OC4O[C@H](CO)[C@@H](OC5O[C@H](CO)[C@H](O)[C@H](O)[C@H]5O)[C@H](O)[C@H]4NC(C)=O)[C@H](O)[C@@H]3OC3O[C@H](CO)[C@@H](OC4O[C@H](CO)[C@H](O)[C@H](O)[C@H]4O)[C@H](O)[C@H]3NC(C)=O)[C@@H]2O)[C@H](O)[C@H]1NC(C)=O)[C@H](O)CO. The number of carbonyl (C=O) groups is 5. The van der Waals surface area contributed by atoms with Crippen LogP contribution in [0.4, 0.5) is 0 Å². The smallest absolute Gasteiger partial charge is 0.217 e. The summed E-state index contributed by atoms with van der Waals surface area (Å²) in [5.41, 5.74) is 0. The molecule has 54 atom stereocenters. The highest BCUT2D eigenvalue weighted by Gasteiger charge is 2.63. The molecule has 61 nitrogen and oxygen atoms in total. The molecule has 10 heterocycles. The van der Waals surface area contributed by atoms with Gasteiger partial charge in [0, 0.05) is 34.6 Å². The van der Waals surface area contributed by atoms with Gasteiger partial charge in [0.2, 0.25) is 29.5 Å². The molecular formula is C76H129N5O56. The minimum Gasteiger partial charge on any atom is -0.394 e. The van der Waals surface area contributed by atoms with Crippen LogP contribution in [0.5, 0.6) is 0 Å². The molecule has 36 N–H and O–H groups in total. The fraction of sp³-hybridized carbons (Fsp3) is 0.934. The van der Waals surface area contributed by atoms with Crippen molar-refractivity contribution in [2.75, 3.05) is 79.3 Å². The maximum atomic E-state index is 13.4. The molecule has 10 aliphatic rings. The highest BCUT2D eigenvalue weighted by molar-refractivity contribution is 5.75. The first-order chi connectivity index (χ1) is 64.8. The first kappa shape index (κ1) is 114. The predicted octanol–water partition coefficient (Wildman–Crippen LogP) is -24.6. The van der Waals surface area contributed by atoms with Crippen molar-refractivity contribution < 1.29 is 277 Å². The second-order valence-corrected chi connectivity index (χ2v) is 34.3. The highest BCUT2D eigenvalue weighted by atomic mass is 16.8. The third-order valence-corrected chi connectivity index (χ3v) is 24.6. The average molecular weight is 2010 g/mol. The molecule has 5 amide bonds. The summed E-state index contributed by atoms with van der Waals surface area (Å²) in [6.07, 6.45) is -108. The molecular weight excluding hydrogens is 1880 g/mol. The van der Waals surface area contributed by atoms with E-state index in [1.165, 1.54) is 0 Å². The monoisotopic (exact) mass is 2010 g/mol. The lowest BCUT2D eigenvalue weighted by Crippen LogP contribution is -2.71. The molecule has 0 aliphatic carbocycles. The molecule has 794 valence electrons. The van der Waals surface area contributed by atoms with Gasteiger partial charge in [0.15, 0.2) is 62.9 Å². The Hall–Kier alpha value is -4.69. The van der Waals surface area contributed by atoms with Gasteiger partial charge in [-0.15, -0.1) is 0 Å². The van der Waals surface area contributed by atoms with Crippen LogP contribution in [-0.4, -0.2) is 598 Å². The van der Waals surface area contributed by atoms with Crippen LogP contribution in [0.3, 0.4) is 0 Å². The Labute approximate surface area is 776 Å². The van der Waals surface area contributed by atoms with Gasteiger partial charge in [0.1, 0.15) is 262 Å². The quantitative estimate of drug-likeness (QED) is 0.0271. The van der Waals surface area contributed by atoms with Gasteiger partial charge in [-0.05, 0) is 0 Å². The number of aliphatic hydroxyl groups is 31. The first-order valence-electron chi connectivity index (χ1n) is 43.6. The van der Waals surface area contributed by atoms with E-state index < -0.39 is 440 Å². The summed E-state index contributed by atoms with van der Waals surface area (Å²) in [4.78, 5) is 65.1. The Kier molecular flexibility index (Phi) is 42.4. The van der Waals surface area contributed by atoms with Gasteiger partial charge >= 0.3 is 0 Å². The van der Waals surface area contributed by atoms with E-state index in [1.807, 2.05) is 0 Å². The summed E-state index contributed by atoms with van der Waals surface area (Å²) in [6.45, 7) is -9.83. The summed E-state index contributed by atoms with van der Waals surface area (Å²) < 4.78 is 120. The highest BCUT2D eigenvalue weighted by Crippen LogP contribution is 2.42. The van der Waals surface area contributed by atoms with Crippen molar-refractivity contribution in [3.63, 3.8) is 0 Å². The van der Waals surface area contributed by atoms with Crippen molar-refractivity contribution in [2.45, 2.75) is 366 Å². The second kappa shape index (κ2) is 50.9. The zero-order valence-corrected chi connectivity index (χ0v) is 73.7. The molecule has 0 spiro atoms. The number of hydrogen-bond acceptors (Lipinski definition) is 56. The third-order valence-electron chi connectivity index (χ3n) is 24.6. The maximum absolute atomic E-state index is 13.4. The molecule has 10 unspecified atom stereocenters. The lowest BCUT2D eigenvalue weighted by atomic mass is 9.93. The number of amides is 5. The predicted molar refractivity (Wildman–Crippen MR) is 423 cm³/mol. The van der Waals surface area contributed by atoms with E-state index in [9.17, 15) is 182 Å². The lowest BCUT2D eigenvalue weighted by molar-refractivity contribution is -0.406. The van der Waals surface area contributed by atoms with Gasteiger partial charge in [0.25, 0.3) is 0 Å². The van der Waals surface area contributed by atoms with Gasteiger partial charge in [-0.25, -0.2) is 0 Å². The molecule has 10 saturated heterocycles. The third kappa shape index (κ3) is 26.1. The Morgan fingerprint density at radius 2 is 0.511 bits per heavy atom. The van der Waals surface area contributed by atoms with Gasteiger partial charge in [-0.3, -0.25) is 24.0 Å². The van der Waals surface area contributed by atoms with Crippen molar-refractivity contribution in [1.82, 2.24) is 26.6 Å². The van der Waals surface area contributed by atoms with E-state index in [-0.39, 0.29) is 0 Å². The number of carbonyl (C=O) groups excluding carboxylic acids is 5. The zero-order valence-electron chi connectivity index (χ0n) is 73.7. The van der Waals surface area contributed by atoms with Crippen molar-refractivity contribution in [3.8, 4) is 0 Å². The fourth-order valence-electron chi connectivity index (χ4n) is 17.4. The molecule has 0 radical (unpaired) electrons. The molecule has 10 rings (SSSR count). The number of hydrogen-bond donors (Lipinski definition) is 36. The largest absolute Gasteiger partial charge is 0.394 e. The molecule has 0 aromatic rings. The van der Waals surface area contributed by atoms with Crippen LogP contribution >= 0.6 is 0 Å². The first-order valence-corrected chi connectivity index (χ1v) is 43.6. The number of nitrogens with one attached hydrogen (secondary N) is 5. The molecule has 137 heavy (non-hydrogen) atoms. The van der Waals surface area contributed by atoms with E-state index in [0.29, 0.717) is 0 Å². The van der Waals surface area contributed by atoms with E-state index in [1.54, 1.807) is 0 Å². The Morgan fingerprint density at radius 1 is 0.248 bits per heavy atom. The molecule has 0 aromatic heterocycles. The van der Waals surface area contributed by atoms with E-state index in [4.69, 9.17) is 94.7 Å². The normalized spacial score (nSPS) is 46.5. The van der Waals surface area contributed by atoms with Gasteiger partial charge in [-0.2, -0.15) is 0 Å². The Morgan fingerprint density at radius 3 is 0.832 bits per heavy atom. The molecule has 0 aromatic carbocycles. The van der Waals surface area contributed by atoms with Crippen molar-refractivity contribution in [1.29, 1.82) is 0 Å². The molecule has 0 bridgehead atoms. The minimum atomic E-state index is -2.78. The van der Waals surface area contributed by atoms with E-state index >= 15 is 0 Å². The van der Waals surface area contributed by atoms with Crippen LogP contribution in [-0.2, 0) is 119 Å². The second-order valence-electron chi connectivity index (χ2n) is 34.3. The van der Waals surface area contributed by atoms with E-state index in [2.05, 4.69) is 26.6 Å². The standard InChI is InChI=1S/C76H129N5O56/c1-18(93)77-23(6-82)39(99)58(24(98)7-83)129-67-35(78-19(2)94)45(105)62(32(15-91)123-67)134-74-57(117)64(44(104)34(128-74)17-118-75-65(52(112)43(103)28(11-87)122-75)136-69-37(80-21(4)96)47(107)60(30(13-89)125-69)132-72-54(114)50(110)41(101)26(9-85)120-72)135-76-66(137-70-38(81-22(5)97)48(108)61(31(14-90)126-70)133-73-55(115)51(111)42(102)27(10-86)121-73)56(116)63(33(16-92)127-76)130-68-36(79-20(3)95)46(106)59(29(12-88)124-68)131-71-53(113)49(109)40(100)25(8-84)119-71/h23-76,82-92,98-117H,6-17H2,1-5H3,(H,77,93)(H,78,94)(H,79,95)(H,80,96)(H,81,97)/t23-,24+,25+,26+,27+,28+,29+,30+,31+,32+,33+,34+,35+,36+,37+,38+,39+,40-,41-,42-,43+,44+,45+,46+,47+,48+,49-,50-,51-,52-,53+,54+,55+,56-,57-,58+,59+,60+,61+,62+,63+,64-,65-,66-,67?,68?,69?,70?,71?,72?,73?,74?,75?,76?/m0/s1. The summed E-state index contributed by atoms with van der Waals surface area (Å²) in [5, 5.41) is 359. The minimum absolute atomic E-state index is 0.856. The summed E-state index contributed by atoms with van der Waals surface area (Å²) in [6, 6.07) is -9.99. The summed E-state index contributed by atoms with van der Waals surface area (Å²) in [7, 11) is 0. The number of ether oxygens (including phenoxy) is 20. The number of aliphatic hydroxyl groups excluding tert-OH is 31. The maximum Gasteiger partial charge on any atom is 0.217 e.